The normalized spacial score (nSPS) is 19.2. The van der Waals surface area contributed by atoms with E-state index in [2.05, 4.69) is 4.98 Å². The van der Waals surface area contributed by atoms with Gasteiger partial charge in [0.05, 0.1) is 21.7 Å². The number of ether oxygens (including phenoxy) is 1. The Labute approximate surface area is 195 Å². The maximum atomic E-state index is 13.2. The van der Waals surface area contributed by atoms with Gasteiger partial charge in [-0.3, -0.25) is 14.0 Å². The van der Waals surface area contributed by atoms with Crippen LogP contribution in [0.1, 0.15) is 23.2 Å². The van der Waals surface area contributed by atoms with Crippen molar-refractivity contribution in [2.75, 3.05) is 6.54 Å². The molecule has 1 aliphatic heterocycles. The number of hydrogen-bond acceptors (Lipinski definition) is 7. The van der Waals surface area contributed by atoms with E-state index in [4.69, 9.17) is 16.3 Å². The minimum absolute atomic E-state index is 0.0420. The first-order valence-corrected chi connectivity index (χ1v) is 12.0. The second-order valence-corrected chi connectivity index (χ2v) is 10.3. The van der Waals surface area contributed by atoms with Crippen LogP contribution in [-0.4, -0.2) is 51.9 Å². The summed E-state index contributed by atoms with van der Waals surface area (Å²) in [6.45, 7) is 3.13. The van der Waals surface area contributed by atoms with Gasteiger partial charge in [-0.1, -0.05) is 17.7 Å². The van der Waals surface area contributed by atoms with Gasteiger partial charge in [0, 0.05) is 25.2 Å². The number of nitrogens with zero attached hydrogens (tertiary/aromatic N) is 3. The number of benzene rings is 1. The molecule has 0 aliphatic carbocycles. The summed E-state index contributed by atoms with van der Waals surface area (Å²) in [6, 6.07) is 7.87. The number of rotatable bonds is 5. The molecule has 0 amide bonds. The molecule has 0 radical (unpaired) electrons. The van der Waals surface area contributed by atoms with Crippen LogP contribution in [0, 0.1) is 13.8 Å². The number of pyridine rings is 1. The van der Waals surface area contributed by atoms with E-state index in [0.29, 0.717) is 10.7 Å². The number of fused-ring (bicyclic) bond motifs is 1. The Morgan fingerprint density at radius 3 is 2.70 bits per heavy atom. The zero-order chi connectivity index (χ0) is 23.9. The molecular formula is C22H22ClN3O6S. The van der Waals surface area contributed by atoms with Crippen LogP contribution < -0.4 is 5.56 Å². The van der Waals surface area contributed by atoms with Crippen LogP contribution in [0.15, 0.2) is 52.3 Å². The van der Waals surface area contributed by atoms with Crippen molar-refractivity contribution in [1.29, 1.82) is 0 Å². The average Bonchev–Trinajstić information content (AvgIpc) is 3.17. The van der Waals surface area contributed by atoms with E-state index in [1.165, 1.54) is 28.8 Å². The molecule has 11 heteroatoms. The first-order chi connectivity index (χ1) is 15.6. The number of carbonyl (C=O) groups is 1. The first kappa shape index (κ1) is 23.4. The lowest BCUT2D eigenvalue weighted by Crippen LogP contribution is -2.41. The molecule has 2 aromatic heterocycles. The van der Waals surface area contributed by atoms with Crippen LogP contribution in [0.3, 0.4) is 0 Å². The summed E-state index contributed by atoms with van der Waals surface area (Å²) in [5.41, 5.74) is 1.87. The summed E-state index contributed by atoms with van der Waals surface area (Å²) in [6.07, 6.45) is 0.337. The summed E-state index contributed by atoms with van der Waals surface area (Å²) in [4.78, 5) is 29.4. The number of hydrogen-bond donors (Lipinski definition) is 1. The molecule has 1 N–H and O–H groups in total. The zero-order valence-electron chi connectivity index (χ0n) is 17.9. The first-order valence-electron chi connectivity index (χ1n) is 10.2. The van der Waals surface area contributed by atoms with E-state index in [0.717, 1.165) is 15.4 Å². The third kappa shape index (κ3) is 4.65. The predicted octanol–water partition coefficient (Wildman–Crippen LogP) is 1.83. The molecule has 174 valence electrons. The minimum atomic E-state index is -4.04. The van der Waals surface area contributed by atoms with Crippen LogP contribution in [0.4, 0.5) is 0 Å². The molecule has 1 fully saturated rings. The van der Waals surface area contributed by atoms with Crippen molar-refractivity contribution in [2.45, 2.75) is 43.9 Å². The van der Waals surface area contributed by atoms with E-state index < -0.39 is 33.7 Å². The zero-order valence-corrected chi connectivity index (χ0v) is 19.5. The molecular weight excluding hydrogens is 470 g/mol. The molecule has 3 heterocycles. The number of halogens is 1. The fourth-order valence-electron chi connectivity index (χ4n) is 3.72. The van der Waals surface area contributed by atoms with Crippen LogP contribution in [0.25, 0.3) is 5.65 Å². The molecule has 0 bridgehead atoms. The third-order valence-corrected chi connectivity index (χ3v) is 7.72. The maximum absolute atomic E-state index is 13.2. The molecule has 9 nitrogen and oxygen atoms in total. The molecule has 1 aliphatic rings. The van der Waals surface area contributed by atoms with Crippen molar-refractivity contribution < 1.29 is 23.1 Å². The molecule has 1 saturated heterocycles. The highest BCUT2D eigenvalue weighted by Gasteiger charge is 2.44. The topological polar surface area (TPSA) is 118 Å². The number of aromatic nitrogens is 2. The van der Waals surface area contributed by atoms with Gasteiger partial charge in [0.15, 0.2) is 0 Å². The van der Waals surface area contributed by atoms with E-state index >= 15 is 0 Å². The van der Waals surface area contributed by atoms with Crippen molar-refractivity contribution in [3.8, 4) is 0 Å². The van der Waals surface area contributed by atoms with Gasteiger partial charge < -0.3 is 9.84 Å². The Kier molecular flexibility index (Phi) is 6.28. The Morgan fingerprint density at radius 2 is 1.97 bits per heavy atom. The van der Waals surface area contributed by atoms with Gasteiger partial charge in [-0.05, 0) is 49.2 Å². The van der Waals surface area contributed by atoms with Gasteiger partial charge >= 0.3 is 5.97 Å². The number of aliphatic hydroxyl groups excluding tert-OH is 1. The lowest BCUT2D eigenvalue weighted by molar-refractivity contribution is -0.149. The molecule has 33 heavy (non-hydrogen) atoms. The smallest absolute Gasteiger partial charge is 0.324 e. The van der Waals surface area contributed by atoms with Crippen molar-refractivity contribution in [3.63, 3.8) is 0 Å². The van der Waals surface area contributed by atoms with Gasteiger partial charge in [-0.15, -0.1) is 0 Å². The van der Waals surface area contributed by atoms with Gasteiger partial charge in [-0.25, -0.2) is 13.4 Å². The summed E-state index contributed by atoms with van der Waals surface area (Å²) in [5, 5.41) is 10.5. The number of carbonyl (C=O) groups excluding carboxylic acids is 1. The molecule has 4 rings (SSSR count). The fraction of sp³-hybridized carbons (Fsp3) is 0.318. The number of β-amino-alcohol motifs (C(OH)–C–C–N with tert-alkyl or cyclic N) is 1. The SMILES string of the molecule is Cc1ccc(S(=O)(=O)N2CC(O)C[C@H]2C(=O)OCc2cc(=O)n3cc(Cl)ccc3n2)cc1C. The average molecular weight is 492 g/mol. The minimum Gasteiger partial charge on any atom is -0.458 e. The predicted molar refractivity (Wildman–Crippen MR) is 120 cm³/mol. The van der Waals surface area contributed by atoms with Crippen LogP contribution in [-0.2, 0) is 26.2 Å². The Balaban J connectivity index is 1.54. The molecule has 0 spiro atoms. The van der Waals surface area contributed by atoms with Crippen LogP contribution >= 0.6 is 11.6 Å². The monoisotopic (exact) mass is 491 g/mol. The van der Waals surface area contributed by atoms with E-state index in [1.54, 1.807) is 25.1 Å². The van der Waals surface area contributed by atoms with Crippen molar-refractivity contribution in [2.24, 2.45) is 0 Å². The second kappa shape index (κ2) is 8.86. The van der Waals surface area contributed by atoms with Crippen molar-refractivity contribution in [3.05, 3.63) is 74.8 Å². The molecule has 2 atom stereocenters. The van der Waals surface area contributed by atoms with Gasteiger partial charge in [0.2, 0.25) is 10.0 Å². The quantitative estimate of drug-likeness (QED) is 0.541. The lowest BCUT2D eigenvalue weighted by atomic mass is 10.1. The second-order valence-electron chi connectivity index (χ2n) is 8.00. The highest BCUT2D eigenvalue weighted by atomic mass is 35.5. The molecule has 3 aromatic rings. The fourth-order valence-corrected chi connectivity index (χ4v) is 5.59. The Morgan fingerprint density at radius 1 is 1.21 bits per heavy atom. The Bertz CT molecular complexity index is 1400. The van der Waals surface area contributed by atoms with E-state index in [-0.39, 0.29) is 30.2 Å². The highest BCUT2D eigenvalue weighted by molar-refractivity contribution is 7.89. The van der Waals surface area contributed by atoms with Gasteiger partial charge in [0.25, 0.3) is 5.56 Å². The molecule has 1 aromatic carbocycles. The lowest BCUT2D eigenvalue weighted by Gasteiger charge is -2.22. The van der Waals surface area contributed by atoms with Crippen molar-refractivity contribution >= 4 is 33.2 Å². The number of sulfonamides is 1. The number of aryl methyl sites for hydroxylation is 2. The summed E-state index contributed by atoms with van der Waals surface area (Å²) < 4.78 is 33.9. The molecule has 1 unspecified atom stereocenters. The molecule has 0 saturated carbocycles. The number of esters is 1. The van der Waals surface area contributed by atoms with Gasteiger partial charge in [0.1, 0.15) is 18.3 Å². The highest BCUT2D eigenvalue weighted by Crippen LogP contribution is 2.28. The number of aliphatic hydroxyl groups is 1. The largest absolute Gasteiger partial charge is 0.458 e. The van der Waals surface area contributed by atoms with E-state index in [9.17, 15) is 23.1 Å². The summed E-state index contributed by atoms with van der Waals surface area (Å²) >= 11 is 5.90. The Hall–Kier alpha value is -2.79. The maximum Gasteiger partial charge on any atom is 0.324 e. The van der Waals surface area contributed by atoms with E-state index in [1.807, 2.05) is 6.92 Å². The summed E-state index contributed by atoms with van der Waals surface area (Å²) in [5.74, 6) is -0.822. The summed E-state index contributed by atoms with van der Waals surface area (Å²) in [7, 11) is -4.04. The standard InChI is InChI=1S/C22H22ClN3O6S/c1-13-3-5-18(7-14(13)2)33(30,31)26-11-17(27)9-19(26)22(29)32-12-16-8-21(28)25-10-15(23)4-6-20(25)24-16/h3-8,10,17,19,27H,9,11-12H2,1-2H3/t17?,19-/m0/s1. The third-order valence-electron chi connectivity index (χ3n) is 5.63. The van der Waals surface area contributed by atoms with Crippen molar-refractivity contribution in [1.82, 2.24) is 13.7 Å². The van der Waals surface area contributed by atoms with Gasteiger partial charge in [-0.2, -0.15) is 4.31 Å². The van der Waals surface area contributed by atoms with Crippen LogP contribution in [0.2, 0.25) is 5.02 Å². The van der Waals surface area contributed by atoms with Crippen LogP contribution in [0.5, 0.6) is 0 Å².